The van der Waals surface area contributed by atoms with Crippen molar-refractivity contribution < 1.29 is 24.0 Å². The van der Waals surface area contributed by atoms with Crippen LogP contribution < -0.4 is 5.32 Å². The maximum Gasteiger partial charge on any atom is 0.410 e. The average Bonchev–Trinajstić information content (AvgIpc) is 3.22. The molecule has 0 radical (unpaired) electrons. The molecule has 1 aromatic rings. The summed E-state index contributed by atoms with van der Waals surface area (Å²) in [6.07, 6.45) is 0.459. The quantitative estimate of drug-likeness (QED) is 0.437. The first-order valence-electron chi connectivity index (χ1n) is 11.7. The van der Waals surface area contributed by atoms with Gasteiger partial charge in [0, 0.05) is 44.4 Å². The van der Waals surface area contributed by atoms with Crippen molar-refractivity contribution in [1.82, 2.24) is 15.1 Å². The van der Waals surface area contributed by atoms with Crippen molar-refractivity contribution in [2.24, 2.45) is 0 Å². The molecule has 10 nitrogen and oxygen atoms in total. The standard InChI is InChI=1S/C24H38N4O6/c1-23(2,3)33-21(29)26(17-18-9-7-10-19(15-18)28(31)32)13-8-14-27(20-11-12-25-16-20)22(30)34-24(4,5)6/h7,9-10,15,20,25H,8,11-14,16-17H2,1-6H3. The van der Waals surface area contributed by atoms with Crippen LogP contribution in [0.25, 0.3) is 0 Å². The molecule has 1 fully saturated rings. The monoisotopic (exact) mass is 478 g/mol. The van der Waals surface area contributed by atoms with E-state index in [-0.39, 0.29) is 24.4 Å². The first-order chi connectivity index (χ1) is 15.7. The van der Waals surface area contributed by atoms with Gasteiger partial charge in [0.15, 0.2) is 0 Å². The summed E-state index contributed by atoms with van der Waals surface area (Å²) in [5.74, 6) is 0. The summed E-state index contributed by atoms with van der Waals surface area (Å²) in [7, 11) is 0. The number of ether oxygens (including phenoxy) is 2. The normalized spacial score (nSPS) is 16.1. The number of nitro groups is 1. The van der Waals surface area contributed by atoms with Crippen LogP contribution in [0.5, 0.6) is 0 Å². The molecule has 1 atom stereocenters. The molecule has 2 rings (SSSR count). The molecule has 1 saturated heterocycles. The van der Waals surface area contributed by atoms with Crippen LogP contribution in [0.4, 0.5) is 15.3 Å². The Labute approximate surface area is 201 Å². The molecule has 0 spiro atoms. The van der Waals surface area contributed by atoms with Crippen LogP contribution >= 0.6 is 0 Å². The lowest BCUT2D eigenvalue weighted by molar-refractivity contribution is -0.384. The summed E-state index contributed by atoms with van der Waals surface area (Å²) in [6, 6.07) is 6.23. The van der Waals surface area contributed by atoms with Crippen molar-refractivity contribution >= 4 is 17.9 Å². The Morgan fingerprint density at radius 3 is 2.29 bits per heavy atom. The highest BCUT2D eigenvalue weighted by Gasteiger charge is 2.30. The molecule has 1 N–H and O–H groups in total. The summed E-state index contributed by atoms with van der Waals surface area (Å²) in [5, 5.41) is 14.4. The summed E-state index contributed by atoms with van der Waals surface area (Å²) >= 11 is 0. The molecule has 0 bridgehead atoms. The Morgan fingerprint density at radius 2 is 1.74 bits per heavy atom. The SMILES string of the molecule is CC(C)(C)OC(=O)N(CCCN(C(=O)OC(C)(C)C)C1CCNC1)Cc1cccc([N+](=O)[O-])c1. The van der Waals surface area contributed by atoms with E-state index in [1.54, 1.807) is 37.8 Å². The summed E-state index contributed by atoms with van der Waals surface area (Å²) in [4.78, 5) is 39.7. The van der Waals surface area contributed by atoms with Crippen molar-refractivity contribution in [3.8, 4) is 0 Å². The van der Waals surface area contributed by atoms with Gasteiger partial charge in [0.2, 0.25) is 0 Å². The van der Waals surface area contributed by atoms with Crippen LogP contribution in [0.1, 0.15) is 59.9 Å². The first kappa shape index (κ1) is 27.4. The lowest BCUT2D eigenvalue weighted by Gasteiger charge is -2.32. The van der Waals surface area contributed by atoms with Gasteiger partial charge in [-0.2, -0.15) is 0 Å². The predicted molar refractivity (Wildman–Crippen MR) is 129 cm³/mol. The first-order valence-corrected chi connectivity index (χ1v) is 11.7. The fourth-order valence-corrected chi connectivity index (χ4v) is 3.63. The molecule has 1 aliphatic heterocycles. The van der Waals surface area contributed by atoms with Gasteiger partial charge < -0.3 is 24.6 Å². The number of nitrogens with zero attached hydrogens (tertiary/aromatic N) is 3. The van der Waals surface area contributed by atoms with Crippen molar-refractivity contribution in [2.45, 2.75) is 78.2 Å². The largest absolute Gasteiger partial charge is 0.444 e. The van der Waals surface area contributed by atoms with Gasteiger partial charge in [0.1, 0.15) is 11.2 Å². The molecule has 1 heterocycles. The van der Waals surface area contributed by atoms with Crippen LogP contribution in [0.3, 0.4) is 0 Å². The van der Waals surface area contributed by atoms with Crippen LogP contribution in [0, 0.1) is 10.1 Å². The minimum atomic E-state index is -0.684. The van der Waals surface area contributed by atoms with Crippen LogP contribution in [-0.2, 0) is 16.0 Å². The summed E-state index contributed by atoms with van der Waals surface area (Å²) < 4.78 is 11.2. The molecule has 10 heteroatoms. The second kappa shape index (κ2) is 11.5. The van der Waals surface area contributed by atoms with Crippen molar-refractivity contribution in [3.63, 3.8) is 0 Å². The lowest BCUT2D eigenvalue weighted by atomic mass is 10.1. The van der Waals surface area contributed by atoms with Gasteiger partial charge in [0.05, 0.1) is 4.92 Å². The summed E-state index contributed by atoms with van der Waals surface area (Å²) in [5.41, 5.74) is -0.697. The molecule has 190 valence electrons. The molecule has 0 aliphatic carbocycles. The fourth-order valence-electron chi connectivity index (χ4n) is 3.63. The number of carbonyl (C=O) groups excluding carboxylic acids is 2. The highest BCUT2D eigenvalue weighted by atomic mass is 16.6. The molecule has 1 unspecified atom stereocenters. The number of rotatable bonds is 8. The minimum Gasteiger partial charge on any atom is -0.444 e. The maximum absolute atomic E-state index is 12.9. The van der Waals surface area contributed by atoms with Gasteiger partial charge >= 0.3 is 12.2 Å². The number of hydrogen-bond acceptors (Lipinski definition) is 7. The van der Waals surface area contributed by atoms with Crippen LogP contribution in [0.15, 0.2) is 24.3 Å². The Bertz CT molecular complexity index is 856. The Kier molecular flexibility index (Phi) is 9.26. The smallest absolute Gasteiger partial charge is 0.410 e. The fraction of sp³-hybridized carbons (Fsp3) is 0.667. The number of non-ortho nitro benzene ring substituents is 1. The third kappa shape index (κ3) is 9.17. The number of nitrogens with one attached hydrogen (secondary N) is 1. The van der Waals surface area contributed by atoms with E-state index in [1.807, 2.05) is 20.8 Å². The van der Waals surface area contributed by atoms with Crippen LogP contribution in [0.2, 0.25) is 0 Å². The highest BCUT2D eigenvalue weighted by Crippen LogP contribution is 2.19. The van der Waals surface area contributed by atoms with Crippen molar-refractivity contribution in [1.29, 1.82) is 0 Å². The van der Waals surface area contributed by atoms with Gasteiger partial charge in [-0.3, -0.25) is 10.1 Å². The van der Waals surface area contributed by atoms with Gasteiger partial charge in [-0.15, -0.1) is 0 Å². The second-order valence-electron chi connectivity index (χ2n) is 10.5. The highest BCUT2D eigenvalue weighted by molar-refractivity contribution is 5.69. The van der Waals surface area contributed by atoms with Crippen molar-refractivity contribution in [2.75, 3.05) is 26.2 Å². The molecule has 34 heavy (non-hydrogen) atoms. The molecule has 1 aliphatic rings. The molecule has 0 aromatic heterocycles. The van der Waals surface area contributed by atoms with E-state index in [2.05, 4.69) is 5.32 Å². The van der Waals surface area contributed by atoms with Gasteiger partial charge in [-0.25, -0.2) is 9.59 Å². The Balaban J connectivity index is 2.12. The van der Waals surface area contributed by atoms with Gasteiger partial charge in [0.25, 0.3) is 5.69 Å². The zero-order valence-corrected chi connectivity index (χ0v) is 21.1. The van der Waals surface area contributed by atoms with Crippen LogP contribution in [-0.4, -0.2) is 70.3 Å². The van der Waals surface area contributed by atoms with Gasteiger partial charge in [-0.05, 0) is 66.5 Å². The van der Waals surface area contributed by atoms with Gasteiger partial charge in [-0.1, -0.05) is 12.1 Å². The molecule has 2 amide bonds. The lowest BCUT2D eigenvalue weighted by Crippen LogP contribution is -2.46. The second-order valence-corrected chi connectivity index (χ2v) is 10.5. The minimum absolute atomic E-state index is 0.0293. The zero-order chi connectivity index (χ0) is 25.5. The van der Waals surface area contributed by atoms with E-state index in [4.69, 9.17) is 9.47 Å². The summed E-state index contributed by atoms with van der Waals surface area (Å²) in [6.45, 7) is 13.3. The zero-order valence-electron chi connectivity index (χ0n) is 21.1. The van der Waals surface area contributed by atoms with E-state index in [1.165, 1.54) is 17.0 Å². The van der Waals surface area contributed by atoms with E-state index in [9.17, 15) is 19.7 Å². The molecule has 1 aromatic carbocycles. The molecular formula is C24H38N4O6. The number of nitro benzene ring substituents is 1. The number of amides is 2. The molecular weight excluding hydrogens is 440 g/mol. The molecule has 0 saturated carbocycles. The van der Waals surface area contributed by atoms with E-state index in [0.29, 0.717) is 31.6 Å². The number of hydrogen-bond donors (Lipinski definition) is 1. The maximum atomic E-state index is 12.9. The van der Waals surface area contributed by atoms with E-state index < -0.39 is 22.2 Å². The topological polar surface area (TPSA) is 114 Å². The number of benzene rings is 1. The average molecular weight is 479 g/mol. The number of carbonyl (C=O) groups is 2. The van der Waals surface area contributed by atoms with Crippen molar-refractivity contribution in [3.05, 3.63) is 39.9 Å². The predicted octanol–water partition coefficient (Wildman–Crippen LogP) is 4.32. The third-order valence-electron chi connectivity index (χ3n) is 5.08. The Hall–Kier alpha value is -2.88. The Morgan fingerprint density at radius 1 is 1.09 bits per heavy atom. The van der Waals surface area contributed by atoms with E-state index >= 15 is 0 Å². The van der Waals surface area contributed by atoms with E-state index in [0.717, 1.165) is 13.0 Å². The third-order valence-corrected chi connectivity index (χ3v) is 5.08.